The molecule has 5 atom stereocenters. The van der Waals surface area contributed by atoms with E-state index in [1.165, 1.54) is 38.0 Å². The summed E-state index contributed by atoms with van der Waals surface area (Å²) in [4.78, 5) is 12.8. The number of esters is 1. The van der Waals surface area contributed by atoms with Crippen molar-refractivity contribution in [3.05, 3.63) is 132 Å². The smallest absolute Gasteiger partial charge is 0.305 e. The SMILES string of the molecule is C=C1C[C@@H](OC2CCCCO2)[C@@H](C=C[C@@H](O[Si](c2ccccc2)(c2ccccc2)C(C)(C)C)c2cc3ccccc3s2)[C@H]1CC=CCCCC(=O)OC. The molecule has 1 aliphatic carbocycles. The van der Waals surface area contributed by atoms with Crippen molar-refractivity contribution in [2.75, 3.05) is 13.7 Å². The van der Waals surface area contributed by atoms with Gasteiger partial charge in [-0.3, -0.25) is 4.79 Å². The summed E-state index contributed by atoms with van der Waals surface area (Å²) in [6, 6.07) is 32.8. The molecule has 0 spiro atoms. The number of carbonyl (C=O) groups excluding carboxylic acids is 1. The van der Waals surface area contributed by atoms with Crippen molar-refractivity contribution in [3.63, 3.8) is 0 Å². The molecule has 7 heteroatoms. The van der Waals surface area contributed by atoms with Crippen molar-refractivity contribution in [1.29, 1.82) is 0 Å². The van der Waals surface area contributed by atoms with Crippen molar-refractivity contribution in [3.8, 4) is 0 Å². The first kappa shape index (κ1) is 39.1. The van der Waals surface area contributed by atoms with E-state index in [0.717, 1.165) is 51.6 Å². The van der Waals surface area contributed by atoms with Gasteiger partial charge in [0.2, 0.25) is 0 Å². The molecule has 1 saturated heterocycles. The normalized spacial score (nSPS) is 21.8. The molecular formula is C46H56O5SSi. The van der Waals surface area contributed by atoms with E-state index in [2.05, 4.69) is 143 Å². The molecule has 5 nitrogen and oxygen atoms in total. The topological polar surface area (TPSA) is 54.0 Å². The molecule has 1 unspecified atom stereocenters. The number of hydrogen-bond acceptors (Lipinski definition) is 6. The van der Waals surface area contributed by atoms with Crippen molar-refractivity contribution in [2.45, 2.75) is 95.7 Å². The van der Waals surface area contributed by atoms with Gasteiger partial charge in [-0.05, 0) is 83.8 Å². The van der Waals surface area contributed by atoms with Gasteiger partial charge in [-0.25, -0.2) is 0 Å². The number of rotatable bonds is 15. The fourth-order valence-electron chi connectivity index (χ4n) is 8.08. The molecule has 0 bridgehead atoms. The molecule has 3 aromatic carbocycles. The van der Waals surface area contributed by atoms with Crippen LogP contribution in [0.5, 0.6) is 0 Å². The van der Waals surface area contributed by atoms with Crippen LogP contribution in [0.1, 0.15) is 83.1 Å². The van der Waals surface area contributed by atoms with Crippen molar-refractivity contribution in [1.82, 2.24) is 0 Å². The number of benzene rings is 3. The third kappa shape index (κ3) is 9.38. The number of methoxy groups -OCH3 is 1. The zero-order chi connectivity index (χ0) is 37.3. The van der Waals surface area contributed by atoms with E-state index >= 15 is 0 Å². The average Bonchev–Trinajstić information content (AvgIpc) is 3.73. The lowest BCUT2D eigenvalue weighted by Crippen LogP contribution is -2.66. The lowest BCUT2D eigenvalue weighted by molar-refractivity contribution is -0.192. The molecule has 1 saturated carbocycles. The highest BCUT2D eigenvalue weighted by Crippen LogP contribution is 2.45. The number of thiophene rings is 1. The molecule has 0 radical (unpaired) electrons. The van der Waals surface area contributed by atoms with Gasteiger partial charge in [0, 0.05) is 28.5 Å². The number of allylic oxidation sites excluding steroid dienone is 2. The second kappa shape index (κ2) is 18.2. The lowest BCUT2D eigenvalue weighted by Gasteiger charge is -2.44. The Kier molecular flexibility index (Phi) is 13.4. The van der Waals surface area contributed by atoms with Gasteiger partial charge < -0.3 is 18.6 Å². The Morgan fingerprint density at radius 3 is 2.32 bits per heavy atom. The number of ether oxygens (including phenoxy) is 3. The Balaban J connectivity index is 1.39. The largest absolute Gasteiger partial charge is 0.469 e. The summed E-state index contributed by atoms with van der Waals surface area (Å²) in [5.74, 6) is 0.158. The first-order valence-electron chi connectivity index (χ1n) is 19.3. The molecular weight excluding hydrogens is 693 g/mol. The summed E-state index contributed by atoms with van der Waals surface area (Å²) < 4.78 is 26.8. The van der Waals surface area contributed by atoms with Gasteiger partial charge in [-0.1, -0.05) is 136 Å². The average molecular weight is 749 g/mol. The molecule has 6 rings (SSSR count). The number of unbranched alkanes of at least 4 members (excludes halogenated alkanes) is 1. The first-order chi connectivity index (χ1) is 25.7. The third-order valence-electron chi connectivity index (χ3n) is 10.8. The van der Waals surface area contributed by atoms with Crippen LogP contribution in [0.3, 0.4) is 0 Å². The minimum atomic E-state index is -2.91. The van der Waals surface area contributed by atoms with E-state index in [1.807, 2.05) is 11.3 Å². The number of carbonyl (C=O) groups is 1. The molecule has 0 N–H and O–H groups in total. The third-order valence-corrected chi connectivity index (χ3v) is 17.0. The highest BCUT2D eigenvalue weighted by molar-refractivity contribution is 7.19. The predicted molar refractivity (Wildman–Crippen MR) is 221 cm³/mol. The van der Waals surface area contributed by atoms with Gasteiger partial charge in [-0.2, -0.15) is 0 Å². The van der Waals surface area contributed by atoms with Gasteiger partial charge in [0.05, 0.1) is 19.3 Å². The van der Waals surface area contributed by atoms with Crippen LogP contribution >= 0.6 is 11.3 Å². The first-order valence-corrected chi connectivity index (χ1v) is 22.0. The fraction of sp³-hybridized carbons (Fsp3) is 0.413. The fourth-order valence-corrected chi connectivity index (χ4v) is 13.8. The van der Waals surface area contributed by atoms with Gasteiger partial charge in [0.15, 0.2) is 6.29 Å². The van der Waals surface area contributed by atoms with E-state index < -0.39 is 8.32 Å². The molecule has 0 amide bonds. The van der Waals surface area contributed by atoms with E-state index in [-0.39, 0.29) is 41.3 Å². The van der Waals surface area contributed by atoms with Crippen LogP contribution in [-0.2, 0) is 23.4 Å². The molecule has 1 aliphatic heterocycles. The van der Waals surface area contributed by atoms with Gasteiger partial charge >= 0.3 is 5.97 Å². The number of fused-ring (bicyclic) bond motifs is 1. The van der Waals surface area contributed by atoms with E-state index in [9.17, 15) is 4.79 Å². The zero-order valence-electron chi connectivity index (χ0n) is 31.9. The minimum absolute atomic E-state index is 0.0319. The Morgan fingerprint density at radius 1 is 0.981 bits per heavy atom. The molecule has 1 aromatic heterocycles. The van der Waals surface area contributed by atoms with Gasteiger partial charge in [0.1, 0.15) is 0 Å². The second-order valence-electron chi connectivity index (χ2n) is 15.5. The molecule has 4 aromatic rings. The van der Waals surface area contributed by atoms with Crippen LogP contribution in [0.2, 0.25) is 5.04 Å². The Labute approximate surface area is 321 Å². The predicted octanol–water partition coefficient (Wildman–Crippen LogP) is 10.5. The van der Waals surface area contributed by atoms with Crippen molar-refractivity contribution < 1.29 is 23.4 Å². The van der Waals surface area contributed by atoms with Crippen molar-refractivity contribution in [2.24, 2.45) is 11.8 Å². The molecule has 2 fully saturated rings. The van der Waals surface area contributed by atoms with Crippen LogP contribution in [-0.4, -0.2) is 40.4 Å². The van der Waals surface area contributed by atoms with E-state index in [4.69, 9.17) is 18.6 Å². The van der Waals surface area contributed by atoms with E-state index in [0.29, 0.717) is 6.42 Å². The van der Waals surface area contributed by atoms with Gasteiger partial charge in [-0.15, -0.1) is 11.3 Å². The summed E-state index contributed by atoms with van der Waals surface area (Å²) in [6.07, 6.45) is 15.5. The monoisotopic (exact) mass is 748 g/mol. The maximum atomic E-state index is 11.6. The molecule has 2 aliphatic rings. The zero-order valence-corrected chi connectivity index (χ0v) is 33.7. The quantitative estimate of drug-likeness (QED) is 0.0524. The van der Waals surface area contributed by atoms with Crippen LogP contribution in [0.15, 0.2) is 127 Å². The Bertz CT molecular complexity index is 1760. The second-order valence-corrected chi connectivity index (χ2v) is 20.8. The van der Waals surface area contributed by atoms with Crippen molar-refractivity contribution >= 4 is 46.1 Å². The number of hydrogen-bond donors (Lipinski definition) is 0. The standard InChI is InChI=1S/C46H56O5SSi/c1-34-32-41(50-45-28-18-19-31-49-45)39(38(34)25-14-6-7-15-27-44(47)48-5)29-30-40(43-33-35-20-16-17-26-42(35)52-43)51-53(46(2,3)4,36-21-10-8-11-22-36)37-23-12-9-13-24-37/h6,8-14,16-17,20-24,26,29-30,33,38-41,45H,1,7,15,18-19,25,27-28,31-32H2,2-5H3/t38-,39-,40+,41+,45?/m0/s1. The van der Waals surface area contributed by atoms with E-state index in [1.54, 1.807) is 0 Å². The summed E-state index contributed by atoms with van der Waals surface area (Å²) in [5.41, 5.74) is 1.21. The van der Waals surface area contributed by atoms with Crippen LogP contribution in [0.25, 0.3) is 10.1 Å². The highest BCUT2D eigenvalue weighted by Gasteiger charge is 2.51. The lowest BCUT2D eigenvalue weighted by atomic mass is 9.89. The molecule has 2 heterocycles. The summed E-state index contributed by atoms with van der Waals surface area (Å²) in [5, 5.41) is 3.58. The Morgan fingerprint density at radius 2 is 1.68 bits per heavy atom. The maximum absolute atomic E-state index is 11.6. The maximum Gasteiger partial charge on any atom is 0.305 e. The van der Waals surface area contributed by atoms with Gasteiger partial charge in [0.25, 0.3) is 8.32 Å². The minimum Gasteiger partial charge on any atom is -0.469 e. The van der Waals surface area contributed by atoms with Crippen LogP contribution in [0, 0.1) is 11.8 Å². The highest BCUT2D eigenvalue weighted by atomic mass is 32.1. The summed E-state index contributed by atoms with van der Waals surface area (Å²) >= 11 is 1.82. The summed E-state index contributed by atoms with van der Waals surface area (Å²) in [6.45, 7) is 12.4. The van der Waals surface area contributed by atoms with Crippen LogP contribution in [0.4, 0.5) is 0 Å². The van der Waals surface area contributed by atoms with Crippen LogP contribution < -0.4 is 10.4 Å². The summed E-state index contributed by atoms with van der Waals surface area (Å²) in [7, 11) is -1.46. The Hall–Kier alpha value is -3.59. The molecule has 280 valence electrons. The molecule has 53 heavy (non-hydrogen) atoms.